The Balaban J connectivity index is 1.58. The molecule has 1 saturated heterocycles. The van der Waals surface area contributed by atoms with Gasteiger partial charge in [0.2, 0.25) is 0 Å². The summed E-state index contributed by atoms with van der Waals surface area (Å²) in [5.74, 6) is 0.0218. The minimum atomic E-state index is -6.03. The lowest BCUT2D eigenvalue weighted by Gasteiger charge is -2.33. The Labute approximate surface area is 255 Å². The fourth-order valence-electron chi connectivity index (χ4n) is 4.94. The molecule has 1 aliphatic heterocycles. The lowest BCUT2D eigenvalue weighted by Crippen LogP contribution is -2.53. The van der Waals surface area contributed by atoms with Crippen LogP contribution >= 0.6 is 0 Å². The third kappa shape index (κ3) is 6.56. The predicted molar refractivity (Wildman–Crippen MR) is 149 cm³/mol. The fraction of sp³-hybridized carbons (Fsp3) is 0.387. The maximum Gasteiger partial charge on any atom is 0.430 e. The molecule has 8 nitrogen and oxygen atoms in total. The van der Waals surface area contributed by atoms with E-state index < -0.39 is 41.0 Å². The number of imide groups is 1. The number of nitrogens with zero attached hydrogens (tertiary/aromatic N) is 2. The van der Waals surface area contributed by atoms with E-state index in [0.717, 1.165) is 11.0 Å². The number of aryl methyl sites for hydroxylation is 1. The van der Waals surface area contributed by atoms with Crippen LogP contribution in [0.4, 0.5) is 31.1 Å². The highest BCUT2D eigenvalue weighted by Gasteiger charge is 2.71. The number of amides is 3. The molecule has 14 heteroatoms. The molecule has 2 heterocycles. The fourth-order valence-corrected chi connectivity index (χ4v) is 4.94. The number of ether oxygens (including phenoxy) is 2. The molecule has 45 heavy (non-hydrogen) atoms. The molecule has 1 atom stereocenters. The number of carbonyl (C=O) groups excluding carboxylic acids is 2. The minimum Gasteiger partial charge on any atom is -0.491 e. The van der Waals surface area contributed by atoms with Crippen molar-refractivity contribution >= 4 is 11.9 Å². The van der Waals surface area contributed by atoms with Crippen molar-refractivity contribution in [3.8, 4) is 17.2 Å². The summed E-state index contributed by atoms with van der Waals surface area (Å²) < 4.78 is 92.3. The number of rotatable bonds is 10. The molecule has 1 aliphatic rings. The van der Waals surface area contributed by atoms with E-state index in [4.69, 9.17) is 9.47 Å². The van der Waals surface area contributed by atoms with Gasteiger partial charge in [-0.1, -0.05) is 31.5 Å². The zero-order chi connectivity index (χ0) is 33.4. The second-order valence-corrected chi connectivity index (χ2v) is 11.0. The smallest absolute Gasteiger partial charge is 0.430 e. The van der Waals surface area contributed by atoms with E-state index in [1.807, 2.05) is 13.8 Å². The van der Waals surface area contributed by atoms with Crippen molar-refractivity contribution in [3.63, 3.8) is 0 Å². The highest BCUT2D eigenvalue weighted by molar-refractivity contribution is 6.07. The van der Waals surface area contributed by atoms with Crippen molar-refractivity contribution in [2.75, 3.05) is 0 Å². The first kappa shape index (κ1) is 33.6. The molecule has 1 fully saturated rings. The summed E-state index contributed by atoms with van der Waals surface area (Å²) >= 11 is 0. The molecule has 2 N–H and O–H groups in total. The summed E-state index contributed by atoms with van der Waals surface area (Å²) in [6.07, 6.45) is -10.5. The van der Waals surface area contributed by atoms with Gasteiger partial charge in [0.1, 0.15) is 22.8 Å². The van der Waals surface area contributed by atoms with Crippen molar-refractivity contribution < 1.29 is 50.5 Å². The van der Waals surface area contributed by atoms with Gasteiger partial charge in [0, 0.05) is 17.8 Å². The molecule has 0 spiro atoms. The summed E-state index contributed by atoms with van der Waals surface area (Å²) in [4.78, 5) is 31.5. The first-order valence-corrected chi connectivity index (χ1v) is 13.9. The van der Waals surface area contributed by atoms with Crippen molar-refractivity contribution in [1.29, 1.82) is 0 Å². The van der Waals surface area contributed by atoms with E-state index >= 15 is 0 Å². The number of benzene rings is 2. The second kappa shape index (κ2) is 12.2. The van der Waals surface area contributed by atoms with Crippen LogP contribution in [0.3, 0.4) is 0 Å². The molecule has 4 rings (SSSR count). The number of pyridine rings is 1. The van der Waals surface area contributed by atoms with Crippen LogP contribution < -0.4 is 14.8 Å². The quantitative estimate of drug-likeness (QED) is 0.185. The maximum absolute atomic E-state index is 13.5. The van der Waals surface area contributed by atoms with Crippen molar-refractivity contribution in [2.45, 2.75) is 76.7 Å². The average Bonchev–Trinajstić information content (AvgIpc) is 3.16. The molecule has 0 bridgehead atoms. The molecular weight excluding hydrogens is 608 g/mol. The van der Waals surface area contributed by atoms with E-state index in [1.54, 1.807) is 38.1 Å². The molecule has 242 valence electrons. The SMILES string of the molecule is CCCc1cc(C(O)(C(F)(F)F)C(F)(F)F)ccc1Oc1ccnc(CN2C(=O)NC(C)(c3cccc(OC(C)C)c3)C2=O)c1. The zero-order valence-corrected chi connectivity index (χ0v) is 24.7. The van der Waals surface area contributed by atoms with Gasteiger partial charge in [-0.05, 0) is 68.7 Å². The molecular formula is C31H31F6N3O5. The Morgan fingerprint density at radius 2 is 1.67 bits per heavy atom. The molecule has 2 aromatic carbocycles. The van der Waals surface area contributed by atoms with Crippen LogP contribution in [-0.4, -0.2) is 45.4 Å². The van der Waals surface area contributed by atoms with Crippen molar-refractivity contribution in [1.82, 2.24) is 15.2 Å². The van der Waals surface area contributed by atoms with Gasteiger partial charge < -0.3 is 19.9 Å². The Bertz CT molecular complexity index is 1560. The van der Waals surface area contributed by atoms with Crippen LogP contribution in [-0.2, 0) is 28.9 Å². The normalized spacial score (nSPS) is 17.6. The van der Waals surface area contributed by atoms with Crippen LogP contribution in [0.15, 0.2) is 60.8 Å². The summed E-state index contributed by atoms with van der Waals surface area (Å²) in [5.41, 5.74) is -7.15. The van der Waals surface area contributed by atoms with Gasteiger partial charge in [0.05, 0.1) is 18.3 Å². The number of hydrogen-bond donors (Lipinski definition) is 2. The number of aromatic nitrogens is 1. The molecule has 0 saturated carbocycles. The maximum atomic E-state index is 13.5. The first-order chi connectivity index (χ1) is 20.9. The number of alkyl halides is 6. The third-order valence-corrected chi connectivity index (χ3v) is 7.21. The summed E-state index contributed by atoms with van der Waals surface area (Å²) in [6.45, 7) is 6.67. The van der Waals surface area contributed by atoms with E-state index in [2.05, 4.69) is 10.3 Å². The Morgan fingerprint density at radius 1 is 0.978 bits per heavy atom. The van der Waals surface area contributed by atoms with Crippen molar-refractivity contribution in [3.05, 3.63) is 83.2 Å². The first-order valence-electron chi connectivity index (χ1n) is 13.9. The summed E-state index contributed by atoms with van der Waals surface area (Å²) in [6, 6.07) is 10.9. The standard InChI is InChI=1S/C31H31F6N3O5/c1-5-7-19-14-21(29(43,30(32,33)34)31(35,36)37)10-11-25(19)45-24-12-13-38-22(16-24)17-40-26(41)28(4,39-27(40)42)20-8-6-9-23(15-20)44-18(2)3/h6,8-16,18,43H,5,7,17H2,1-4H3,(H,39,42). The Hall–Kier alpha value is -4.33. The third-order valence-electron chi connectivity index (χ3n) is 7.21. The number of carbonyl (C=O) groups is 2. The lowest BCUT2D eigenvalue weighted by molar-refractivity contribution is -0.376. The average molecular weight is 640 g/mol. The van der Waals surface area contributed by atoms with E-state index in [0.29, 0.717) is 29.9 Å². The van der Waals surface area contributed by atoms with Gasteiger partial charge in [0.25, 0.3) is 11.5 Å². The molecule has 0 aliphatic carbocycles. The molecule has 1 unspecified atom stereocenters. The van der Waals surface area contributed by atoms with Crippen LogP contribution in [0, 0.1) is 0 Å². The van der Waals surface area contributed by atoms with Crippen LogP contribution in [0.25, 0.3) is 0 Å². The minimum absolute atomic E-state index is 0.00571. The van der Waals surface area contributed by atoms with Gasteiger partial charge in [-0.2, -0.15) is 26.3 Å². The number of nitrogens with one attached hydrogen (secondary N) is 1. The Kier molecular flexibility index (Phi) is 9.11. The van der Waals surface area contributed by atoms with E-state index in [1.165, 1.54) is 18.3 Å². The van der Waals surface area contributed by atoms with Gasteiger partial charge in [-0.15, -0.1) is 0 Å². The van der Waals surface area contributed by atoms with E-state index in [-0.39, 0.29) is 41.8 Å². The zero-order valence-electron chi connectivity index (χ0n) is 24.7. The number of hydrogen-bond acceptors (Lipinski definition) is 6. The largest absolute Gasteiger partial charge is 0.491 e. The summed E-state index contributed by atoms with van der Waals surface area (Å²) in [5, 5.41) is 12.5. The molecule has 3 aromatic rings. The Morgan fingerprint density at radius 3 is 2.29 bits per heavy atom. The predicted octanol–water partition coefficient (Wildman–Crippen LogP) is 6.89. The molecule has 0 radical (unpaired) electrons. The van der Waals surface area contributed by atoms with Crippen LogP contribution in [0.5, 0.6) is 17.2 Å². The second-order valence-electron chi connectivity index (χ2n) is 11.0. The summed E-state index contributed by atoms with van der Waals surface area (Å²) in [7, 11) is 0. The highest BCUT2D eigenvalue weighted by atomic mass is 19.4. The van der Waals surface area contributed by atoms with Gasteiger partial charge in [0.15, 0.2) is 0 Å². The van der Waals surface area contributed by atoms with E-state index in [9.17, 15) is 41.0 Å². The number of aliphatic hydroxyl groups is 1. The van der Waals surface area contributed by atoms with Gasteiger partial charge in [-0.25, -0.2) is 4.79 Å². The van der Waals surface area contributed by atoms with Crippen molar-refractivity contribution in [2.24, 2.45) is 0 Å². The van der Waals surface area contributed by atoms with Gasteiger partial charge >= 0.3 is 18.4 Å². The number of halogens is 6. The lowest BCUT2D eigenvalue weighted by atomic mass is 9.90. The van der Waals surface area contributed by atoms with Crippen LogP contribution in [0.1, 0.15) is 56.5 Å². The van der Waals surface area contributed by atoms with Crippen LogP contribution in [0.2, 0.25) is 0 Å². The monoisotopic (exact) mass is 639 g/mol. The van der Waals surface area contributed by atoms with Gasteiger partial charge in [-0.3, -0.25) is 14.7 Å². The topological polar surface area (TPSA) is 101 Å². The molecule has 1 aromatic heterocycles. The number of urea groups is 1. The highest BCUT2D eigenvalue weighted by Crippen LogP contribution is 2.50. The molecule has 3 amide bonds.